The number of nitrogens with one attached hydrogen (secondary N) is 1. The van der Waals surface area contributed by atoms with Gasteiger partial charge < -0.3 is 11.1 Å². The fraction of sp³-hybridized carbons (Fsp3) is 0.222. The zero-order valence-electron chi connectivity index (χ0n) is 8.97. The van der Waals surface area contributed by atoms with Crippen LogP contribution in [0.1, 0.15) is 12.6 Å². The monoisotopic (exact) mass is 286 g/mol. The first-order chi connectivity index (χ1) is 8.13. The summed E-state index contributed by atoms with van der Waals surface area (Å²) in [6, 6.07) is 0. The Hall–Kier alpha value is -1.12. The van der Waals surface area contributed by atoms with Gasteiger partial charge in [0, 0.05) is 18.1 Å². The number of anilines is 2. The SMILES string of the molecule is CC(=O)Nc1nc(CSc2cnc(N)s2)cs1. The molecule has 0 unspecified atom stereocenters. The average Bonchev–Trinajstić information content (AvgIpc) is 2.84. The normalized spacial score (nSPS) is 10.4. The van der Waals surface area contributed by atoms with Crippen molar-refractivity contribution in [3.8, 4) is 0 Å². The predicted molar refractivity (Wildman–Crippen MR) is 72.5 cm³/mol. The van der Waals surface area contributed by atoms with Crippen LogP contribution in [0.4, 0.5) is 10.3 Å². The van der Waals surface area contributed by atoms with Gasteiger partial charge in [-0.1, -0.05) is 11.3 Å². The van der Waals surface area contributed by atoms with Crippen LogP contribution < -0.4 is 11.1 Å². The van der Waals surface area contributed by atoms with Crippen molar-refractivity contribution in [2.45, 2.75) is 16.9 Å². The Labute approximate surface area is 110 Å². The van der Waals surface area contributed by atoms with E-state index in [2.05, 4.69) is 15.3 Å². The van der Waals surface area contributed by atoms with Crippen molar-refractivity contribution in [3.63, 3.8) is 0 Å². The number of amides is 1. The van der Waals surface area contributed by atoms with Gasteiger partial charge in [0.25, 0.3) is 0 Å². The van der Waals surface area contributed by atoms with Gasteiger partial charge in [0.05, 0.1) is 16.1 Å². The van der Waals surface area contributed by atoms with Crippen molar-refractivity contribution in [2.75, 3.05) is 11.1 Å². The van der Waals surface area contributed by atoms with Gasteiger partial charge in [-0.2, -0.15) is 0 Å². The van der Waals surface area contributed by atoms with Crippen molar-refractivity contribution in [1.82, 2.24) is 9.97 Å². The van der Waals surface area contributed by atoms with Crippen LogP contribution >= 0.6 is 34.4 Å². The number of thioether (sulfide) groups is 1. The van der Waals surface area contributed by atoms with E-state index in [1.807, 2.05) is 5.38 Å². The predicted octanol–water partition coefficient (Wildman–Crippen LogP) is 2.43. The lowest BCUT2D eigenvalue weighted by atomic mass is 10.6. The van der Waals surface area contributed by atoms with Crippen molar-refractivity contribution in [3.05, 3.63) is 17.3 Å². The van der Waals surface area contributed by atoms with Crippen molar-refractivity contribution in [2.24, 2.45) is 0 Å². The average molecular weight is 286 g/mol. The summed E-state index contributed by atoms with van der Waals surface area (Å²) in [6.45, 7) is 1.47. The molecular formula is C9H10N4OS3. The molecule has 8 heteroatoms. The minimum Gasteiger partial charge on any atom is -0.375 e. The molecule has 0 atom stereocenters. The number of carbonyl (C=O) groups excluding carboxylic acids is 1. The Morgan fingerprint density at radius 2 is 2.47 bits per heavy atom. The molecule has 3 N–H and O–H groups in total. The number of rotatable bonds is 4. The van der Waals surface area contributed by atoms with Gasteiger partial charge in [0.2, 0.25) is 5.91 Å². The van der Waals surface area contributed by atoms with Gasteiger partial charge in [0.1, 0.15) is 0 Å². The first-order valence-corrected chi connectivity index (χ1v) is 7.38. The van der Waals surface area contributed by atoms with E-state index in [-0.39, 0.29) is 5.91 Å². The first kappa shape index (κ1) is 12.3. The molecule has 2 aromatic rings. The number of nitrogens with two attached hydrogens (primary N) is 1. The quantitative estimate of drug-likeness (QED) is 0.844. The van der Waals surface area contributed by atoms with Gasteiger partial charge in [-0.25, -0.2) is 9.97 Å². The van der Waals surface area contributed by atoms with Crippen LogP contribution in [0, 0.1) is 0 Å². The lowest BCUT2D eigenvalue weighted by Crippen LogP contribution is -2.05. The van der Waals surface area contributed by atoms with Gasteiger partial charge in [-0.05, 0) is 0 Å². The second-order valence-corrected chi connectivity index (χ2v) is 6.33. The van der Waals surface area contributed by atoms with Crippen LogP contribution in [-0.2, 0) is 10.5 Å². The van der Waals surface area contributed by atoms with E-state index in [9.17, 15) is 4.79 Å². The van der Waals surface area contributed by atoms with E-state index in [0.717, 1.165) is 15.7 Å². The standard InChI is InChI=1S/C9H10N4OS3/c1-5(14)12-9-13-6(4-16-9)3-15-7-2-11-8(10)17-7/h2,4H,3H2,1H3,(H2,10,11)(H,12,13,14). The van der Waals surface area contributed by atoms with Crippen LogP contribution in [0.2, 0.25) is 0 Å². The van der Waals surface area contributed by atoms with E-state index < -0.39 is 0 Å². The summed E-state index contributed by atoms with van der Waals surface area (Å²) in [4.78, 5) is 19.1. The fourth-order valence-corrected chi connectivity index (χ4v) is 3.58. The maximum atomic E-state index is 10.8. The van der Waals surface area contributed by atoms with E-state index >= 15 is 0 Å². The Morgan fingerprint density at radius 1 is 1.65 bits per heavy atom. The second kappa shape index (κ2) is 5.48. The van der Waals surface area contributed by atoms with Crippen LogP contribution in [0.15, 0.2) is 15.8 Å². The van der Waals surface area contributed by atoms with Crippen molar-refractivity contribution in [1.29, 1.82) is 0 Å². The highest BCUT2D eigenvalue weighted by molar-refractivity contribution is 8.00. The lowest BCUT2D eigenvalue weighted by molar-refractivity contribution is -0.114. The number of aromatic nitrogens is 2. The molecule has 2 rings (SSSR count). The molecule has 0 saturated heterocycles. The molecule has 2 aromatic heterocycles. The number of thiazole rings is 2. The molecule has 90 valence electrons. The van der Waals surface area contributed by atoms with Crippen LogP contribution in [-0.4, -0.2) is 15.9 Å². The zero-order valence-corrected chi connectivity index (χ0v) is 11.4. The fourth-order valence-electron chi connectivity index (χ4n) is 1.07. The van der Waals surface area contributed by atoms with Gasteiger partial charge in [0.15, 0.2) is 10.3 Å². The number of hydrogen-bond acceptors (Lipinski definition) is 7. The third-order valence-electron chi connectivity index (χ3n) is 1.70. The molecule has 0 aliphatic heterocycles. The molecular weight excluding hydrogens is 276 g/mol. The Morgan fingerprint density at radius 3 is 3.12 bits per heavy atom. The van der Waals surface area contributed by atoms with Gasteiger partial charge >= 0.3 is 0 Å². The Balaban J connectivity index is 1.91. The summed E-state index contributed by atoms with van der Waals surface area (Å²) in [5.74, 6) is 0.645. The minimum atomic E-state index is -0.103. The molecule has 0 radical (unpaired) electrons. The van der Waals surface area contributed by atoms with Crippen LogP contribution in [0.5, 0.6) is 0 Å². The molecule has 0 bridgehead atoms. The second-order valence-electron chi connectivity index (χ2n) is 3.13. The molecule has 1 amide bonds. The molecule has 0 saturated carbocycles. The molecule has 0 spiro atoms. The van der Waals surface area contributed by atoms with E-state index in [0.29, 0.717) is 10.3 Å². The molecule has 17 heavy (non-hydrogen) atoms. The molecule has 2 heterocycles. The highest BCUT2D eigenvalue weighted by Crippen LogP contribution is 2.30. The zero-order chi connectivity index (χ0) is 12.3. The van der Waals surface area contributed by atoms with E-state index in [4.69, 9.17) is 5.73 Å². The van der Waals surface area contributed by atoms with Crippen molar-refractivity contribution < 1.29 is 4.79 Å². The molecule has 0 aliphatic carbocycles. The molecule has 0 fully saturated rings. The summed E-state index contributed by atoms with van der Waals surface area (Å²) in [5, 5.41) is 5.80. The molecule has 5 nitrogen and oxygen atoms in total. The summed E-state index contributed by atoms with van der Waals surface area (Å²) < 4.78 is 1.07. The van der Waals surface area contributed by atoms with Crippen LogP contribution in [0.25, 0.3) is 0 Å². The summed E-state index contributed by atoms with van der Waals surface area (Å²) in [7, 11) is 0. The third kappa shape index (κ3) is 3.69. The molecule has 0 aromatic carbocycles. The molecule has 0 aliphatic rings. The third-order valence-corrected chi connectivity index (χ3v) is 4.56. The lowest BCUT2D eigenvalue weighted by Gasteiger charge is -1.94. The number of hydrogen-bond donors (Lipinski definition) is 2. The number of carbonyl (C=O) groups is 1. The summed E-state index contributed by atoms with van der Waals surface area (Å²) in [5.41, 5.74) is 6.48. The summed E-state index contributed by atoms with van der Waals surface area (Å²) >= 11 is 4.52. The van der Waals surface area contributed by atoms with Crippen molar-refractivity contribution >= 4 is 50.6 Å². The summed E-state index contributed by atoms with van der Waals surface area (Å²) in [6.07, 6.45) is 1.76. The maximum absolute atomic E-state index is 10.8. The van der Waals surface area contributed by atoms with Gasteiger partial charge in [-0.15, -0.1) is 23.1 Å². The highest BCUT2D eigenvalue weighted by atomic mass is 32.2. The maximum Gasteiger partial charge on any atom is 0.223 e. The number of nitrogen functional groups attached to an aromatic ring is 1. The van der Waals surface area contributed by atoms with E-state index in [1.54, 1.807) is 18.0 Å². The van der Waals surface area contributed by atoms with Gasteiger partial charge in [-0.3, -0.25) is 4.79 Å². The Bertz CT molecular complexity index is 522. The first-order valence-electron chi connectivity index (χ1n) is 4.69. The minimum absolute atomic E-state index is 0.103. The Kier molecular flexibility index (Phi) is 3.97. The largest absolute Gasteiger partial charge is 0.375 e. The topological polar surface area (TPSA) is 80.9 Å². The highest BCUT2D eigenvalue weighted by Gasteiger charge is 2.05. The number of nitrogens with zero attached hydrogens (tertiary/aromatic N) is 2. The smallest absolute Gasteiger partial charge is 0.223 e. The van der Waals surface area contributed by atoms with Crippen LogP contribution in [0.3, 0.4) is 0 Å². The van der Waals surface area contributed by atoms with E-state index in [1.165, 1.54) is 29.6 Å².